The van der Waals surface area contributed by atoms with E-state index in [9.17, 15) is 5.11 Å². The summed E-state index contributed by atoms with van der Waals surface area (Å²) in [7, 11) is 1.97. The second-order valence-electron chi connectivity index (χ2n) is 5.05. The number of rotatable bonds is 4. The molecule has 0 aliphatic rings. The molecular formula is C18H18N2O. The molecule has 0 unspecified atom stereocenters. The fourth-order valence-corrected chi connectivity index (χ4v) is 2.42. The number of phenols is 1. The van der Waals surface area contributed by atoms with E-state index in [4.69, 9.17) is 0 Å². The van der Waals surface area contributed by atoms with Gasteiger partial charge in [0.2, 0.25) is 0 Å². The van der Waals surface area contributed by atoms with Crippen molar-refractivity contribution in [2.45, 2.75) is 6.54 Å². The van der Waals surface area contributed by atoms with Crippen LogP contribution in [0.25, 0.3) is 10.8 Å². The van der Waals surface area contributed by atoms with E-state index >= 15 is 0 Å². The van der Waals surface area contributed by atoms with E-state index in [1.54, 1.807) is 12.1 Å². The molecule has 0 heterocycles. The third kappa shape index (κ3) is 2.98. The third-order valence-corrected chi connectivity index (χ3v) is 3.62. The lowest BCUT2D eigenvalue weighted by Gasteiger charge is -2.21. The average molecular weight is 278 g/mol. The Morgan fingerprint density at radius 3 is 2.43 bits per heavy atom. The second kappa shape index (κ2) is 5.85. The van der Waals surface area contributed by atoms with Crippen LogP contribution in [0.1, 0.15) is 5.56 Å². The number of fused-ring (bicyclic) bond motifs is 1. The Hall–Kier alpha value is -2.52. The molecule has 0 saturated carbocycles. The average Bonchev–Trinajstić information content (AvgIpc) is 2.53. The Balaban J connectivity index is 1.76. The molecule has 0 aliphatic heterocycles. The van der Waals surface area contributed by atoms with Crippen molar-refractivity contribution in [1.82, 2.24) is 5.43 Å². The molecule has 3 aromatic rings. The van der Waals surface area contributed by atoms with Crippen LogP contribution < -0.4 is 10.4 Å². The maximum Gasteiger partial charge on any atom is 0.115 e. The molecule has 0 bridgehead atoms. The van der Waals surface area contributed by atoms with E-state index < -0.39 is 0 Å². The standard InChI is InChI=1S/C18H18N2O/c1-20(16-9-11-17(21)12-10-16)19-13-15-7-4-6-14-5-2-3-8-18(14)15/h2-12,19,21H,13H2,1H3. The minimum atomic E-state index is 0.279. The lowest BCUT2D eigenvalue weighted by molar-refractivity contribution is 0.475. The number of phenolic OH excluding ortho intramolecular Hbond substituents is 1. The second-order valence-corrected chi connectivity index (χ2v) is 5.05. The minimum Gasteiger partial charge on any atom is -0.508 e. The van der Waals surface area contributed by atoms with Gasteiger partial charge >= 0.3 is 0 Å². The number of nitrogens with zero attached hydrogens (tertiary/aromatic N) is 1. The van der Waals surface area contributed by atoms with Gasteiger partial charge in [-0.25, -0.2) is 5.43 Å². The van der Waals surface area contributed by atoms with E-state index in [0.29, 0.717) is 0 Å². The van der Waals surface area contributed by atoms with Crippen molar-refractivity contribution >= 4 is 16.5 Å². The van der Waals surface area contributed by atoms with Crippen molar-refractivity contribution in [1.29, 1.82) is 0 Å². The maximum atomic E-state index is 9.33. The zero-order valence-electron chi connectivity index (χ0n) is 12.0. The van der Waals surface area contributed by atoms with Crippen LogP contribution in [0.5, 0.6) is 5.75 Å². The Bertz CT molecular complexity index is 732. The van der Waals surface area contributed by atoms with Gasteiger partial charge in [-0.3, -0.25) is 0 Å². The van der Waals surface area contributed by atoms with Gasteiger partial charge in [0, 0.05) is 13.6 Å². The molecule has 0 saturated heterocycles. The monoisotopic (exact) mass is 278 g/mol. The van der Waals surface area contributed by atoms with Crippen LogP contribution in [0, 0.1) is 0 Å². The van der Waals surface area contributed by atoms with Gasteiger partial charge in [-0.05, 0) is 40.6 Å². The van der Waals surface area contributed by atoms with Crippen LogP contribution in [-0.4, -0.2) is 12.2 Å². The summed E-state index contributed by atoms with van der Waals surface area (Å²) in [6.45, 7) is 0.749. The van der Waals surface area contributed by atoms with Crippen molar-refractivity contribution in [2.24, 2.45) is 0 Å². The van der Waals surface area contributed by atoms with E-state index in [1.807, 2.05) is 24.2 Å². The first-order valence-electron chi connectivity index (χ1n) is 6.97. The summed E-state index contributed by atoms with van der Waals surface area (Å²) < 4.78 is 0. The predicted molar refractivity (Wildman–Crippen MR) is 87.3 cm³/mol. The van der Waals surface area contributed by atoms with E-state index in [-0.39, 0.29) is 5.75 Å². The summed E-state index contributed by atoms with van der Waals surface area (Å²) in [4.78, 5) is 0. The molecule has 0 atom stereocenters. The first kappa shape index (κ1) is 13.5. The summed E-state index contributed by atoms with van der Waals surface area (Å²) in [6.07, 6.45) is 0. The summed E-state index contributed by atoms with van der Waals surface area (Å²) in [6, 6.07) is 21.9. The maximum absolute atomic E-state index is 9.33. The molecule has 21 heavy (non-hydrogen) atoms. The number of nitrogens with one attached hydrogen (secondary N) is 1. The molecule has 3 rings (SSSR count). The highest BCUT2D eigenvalue weighted by Crippen LogP contribution is 2.19. The van der Waals surface area contributed by atoms with Crippen LogP contribution in [0.2, 0.25) is 0 Å². The van der Waals surface area contributed by atoms with E-state index in [0.717, 1.165) is 12.2 Å². The molecular weight excluding hydrogens is 260 g/mol. The van der Waals surface area contributed by atoms with E-state index in [1.165, 1.54) is 16.3 Å². The lowest BCUT2D eigenvalue weighted by atomic mass is 10.1. The topological polar surface area (TPSA) is 35.5 Å². The van der Waals surface area contributed by atoms with Crippen LogP contribution in [0.3, 0.4) is 0 Å². The first-order chi connectivity index (χ1) is 10.2. The summed E-state index contributed by atoms with van der Waals surface area (Å²) in [5.74, 6) is 0.279. The number of hydrazine groups is 1. The van der Waals surface area contributed by atoms with Crippen molar-refractivity contribution < 1.29 is 5.11 Å². The fraction of sp³-hybridized carbons (Fsp3) is 0.111. The van der Waals surface area contributed by atoms with Crippen LogP contribution >= 0.6 is 0 Å². The van der Waals surface area contributed by atoms with Gasteiger partial charge in [-0.1, -0.05) is 42.5 Å². The minimum absolute atomic E-state index is 0.279. The lowest BCUT2D eigenvalue weighted by Crippen LogP contribution is -2.33. The molecule has 0 aliphatic carbocycles. The van der Waals surface area contributed by atoms with Crippen LogP contribution in [-0.2, 0) is 6.54 Å². The molecule has 0 fully saturated rings. The molecule has 0 radical (unpaired) electrons. The molecule has 0 spiro atoms. The Kier molecular flexibility index (Phi) is 3.75. The summed E-state index contributed by atoms with van der Waals surface area (Å²) in [5, 5.41) is 13.8. The Morgan fingerprint density at radius 1 is 0.905 bits per heavy atom. The van der Waals surface area contributed by atoms with Gasteiger partial charge in [0.05, 0.1) is 5.69 Å². The molecule has 106 valence electrons. The highest BCUT2D eigenvalue weighted by molar-refractivity contribution is 5.85. The number of aromatic hydroxyl groups is 1. The van der Waals surface area contributed by atoms with Crippen molar-refractivity contribution in [3.8, 4) is 5.75 Å². The first-order valence-corrected chi connectivity index (χ1v) is 6.97. The molecule has 3 nitrogen and oxygen atoms in total. The normalized spacial score (nSPS) is 10.7. The van der Waals surface area contributed by atoms with Gasteiger partial charge in [-0.15, -0.1) is 0 Å². The third-order valence-electron chi connectivity index (χ3n) is 3.62. The summed E-state index contributed by atoms with van der Waals surface area (Å²) >= 11 is 0. The molecule has 3 aromatic carbocycles. The number of benzene rings is 3. The van der Waals surface area contributed by atoms with Crippen LogP contribution in [0.4, 0.5) is 5.69 Å². The van der Waals surface area contributed by atoms with Crippen LogP contribution in [0.15, 0.2) is 66.7 Å². The Labute approximate surface area is 124 Å². The number of hydrogen-bond acceptors (Lipinski definition) is 3. The predicted octanol–water partition coefficient (Wildman–Crippen LogP) is 3.69. The molecule has 0 aromatic heterocycles. The molecule has 0 amide bonds. The highest BCUT2D eigenvalue weighted by Gasteiger charge is 2.03. The largest absolute Gasteiger partial charge is 0.508 e. The number of hydrogen-bond donors (Lipinski definition) is 2. The van der Waals surface area contributed by atoms with Gasteiger partial charge in [0.25, 0.3) is 0 Å². The quantitative estimate of drug-likeness (QED) is 0.714. The molecule has 3 heteroatoms. The zero-order chi connectivity index (χ0) is 14.7. The fourth-order valence-electron chi connectivity index (χ4n) is 2.42. The molecule has 2 N–H and O–H groups in total. The smallest absolute Gasteiger partial charge is 0.115 e. The number of anilines is 1. The Morgan fingerprint density at radius 2 is 1.62 bits per heavy atom. The van der Waals surface area contributed by atoms with Gasteiger partial charge in [0.15, 0.2) is 0 Å². The van der Waals surface area contributed by atoms with Crippen molar-refractivity contribution in [3.63, 3.8) is 0 Å². The highest BCUT2D eigenvalue weighted by atomic mass is 16.3. The van der Waals surface area contributed by atoms with Gasteiger partial charge in [-0.2, -0.15) is 0 Å². The van der Waals surface area contributed by atoms with Gasteiger partial charge in [0.1, 0.15) is 5.75 Å². The van der Waals surface area contributed by atoms with Crippen molar-refractivity contribution in [3.05, 3.63) is 72.3 Å². The van der Waals surface area contributed by atoms with E-state index in [2.05, 4.69) is 47.9 Å². The zero-order valence-corrected chi connectivity index (χ0v) is 12.0. The van der Waals surface area contributed by atoms with Gasteiger partial charge < -0.3 is 10.1 Å². The SMILES string of the molecule is CN(NCc1cccc2ccccc12)c1ccc(O)cc1. The summed E-state index contributed by atoms with van der Waals surface area (Å²) in [5.41, 5.74) is 5.65. The van der Waals surface area contributed by atoms with Crippen molar-refractivity contribution in [2.75, 3.05) is 12.1 Å².